The van der Waals surface area contributed by atoms with E-state index in [-0.39, 0.29) is 17.4 Å². The predicted molar refractivity (Wildman–Crippen MR) is 163 cm³/mol. The second-order valence-corrected chi connectivity index (χ2v) is 13.1. The molecule has 0 radical (unpaired) electrons. The lowest BCUT2D eigenvalue weighted by Gasteiger charge is -2.41. The smallest absolute Gasteiger partial charge is 0.310 e. The Morgan fingerprint density at radius 1 is 1.05 bits per heavy atom. The molecule has 1 amide bonds. The van der Waals surface area contributed by atoms with Crippen LogP contribution in [0.1, 0.15) is 67.3 Å². The normalized spacial score (nSPS) is 18.7. The first-order valence-corrected chi connectivity index (χ1v) is 15.9. The molecule has 6 rings (SSSR count). The number of amides is 1. The minimum atomic E-state index is -0.838. The highest BCUT2D eigenvalue weighted by Gasteiger charge is 2.37. The Morgan fingerprint density at radius 2 is 1.81 bits per heavy atom. The van der Waals surface area contributed by atoms with Crippen molar-refractivity contribution in [1.82, 2.24) is 19.4 Å². The number of carbonyl (C=O) groups excluding carboxylic acids is 1. The zero-order valence-corrected chi connectivity index (χ0v) is 24.9. The minimum absolute atomic E-state index is 0.0623. The van der Waals surface area contributed by atoms with Crippen LogP contribution >= 0.6 is 11.8 Å². The van der Waals surface area contributed by atoms with Crippen molar-refractivity contribution in [2.75, 3.05) is 19.6 Å². The number of fused-ring (bicyclic) bond motifs is 1. The first kappa shape index (κ1) is 28.7. The quantitative estimate of drug-likeness (QED) is 0.377. The number of aromatic nitrogens is 2. The zero-order chi connectivity index (χ0) is 29.2. The summed E-state index contributed by atoms with van der Waals surface area (Å²) < 4.78 is 1.76. The van der Waals surface area contributed by atoms with Crippen LogP contribution in [0.5, 0.6) is 0 Å². The SMILES string of the molecule is CC(C(=O)O)c1cccc(CN2CC(C(=O)N3CCc4nc(SC5CCCCC5)n(-c5ccccc5)c(=O)c4C3)C2)c1. The topological polar surface area (TPSA) is 95.7 Å². The van der Waals surface area contributed by atoms with E-state index in [4.69, 9.17) is 4.98 Å². The molecular weight excluding hydrogens is 548 g/mol. The van der Waals surface area contributed by atoms with Gasteiger partial charge in [-0.1, -0.05) is 73.5 Å². The van der Waals surface area contributed by atoms with Crippen molar-refractivity contribution in [3.63, 3.8) is 0 Å². The van der Waals surface area contributed by atoms with Crippen LogP contribution in [0.3, 0.4) is 0 Å². The number of carboxylic acids is 1. The van der Waals surface area contributed by atoms with Crippen molar-refractivity contribution in [1.29, 1.82) is 0 Å². The molecule has 1 unspecified atom stereocenters. The van der Waals surface area contributed by atoms with E-state index in [1.165, 1.54) is 19.3 Å². The van der Waals surface area contributed by atoms with Crippen LogP contribution in [0.4, 0.5) is 0 Å². The summed E-state index contributed by atoms with van der Waals surface area (Å²) in [6.45, 7) is 4.56. The van der Waals surface area contributed by atoms with Gasteiger partial charge < -0.3 is 10.0 Å². The average molecular weight is 587 g/mol. The monoisotopic (exact) mass is 586 g/mol. The van der Waals surface area contributed by atoms with E-state index in [1.807, 2.05) is 59.5 Å². The third kappa shape index (κ3) is 6.03. The molecule has 3 aromatic rings. The Hall–Kier alpha value is -3.43. The van der Waals surface area contributed by atoms with E-state index < -0.39 is 11.9 Å². The highest BCUT2D eigenvalue weighted by Crippen LogP contribution is 2.34. The lowest BCUT2D eigenvalue weighted by Crippen LogP contribution is -2.55. The Kier molecular flexibility index (Phi) is 8.49. The standard InChI is InChI=1S/C33H38N4O4S/c1-22(32(40)41)24-10-8-9-23(17-24)18-35-19-25(20-35)30(38)36-16-15-29-28(21-36)31(39)37(26-11-4-2-5-12-26)33(34-29)42-27-13-6-3-7-14-27/h2,4-5,8-12,17,22,25,27H,3,6-7,13-16,18-21H2,1H3,(H,40,41). The van der Waals surface area contributed by atoms with Gasteiger partial charge in [0, 0.05) is 37.8 Å². The molecule has 1 atom stereocenters. The summed E-state index contributed by atoms with van der Waals surface area (Å²) in [6.07, 6.45) is 6.63. The lowest BCUT2D eigenvalue weighted by molar-refractivity contribution is -0.142. The van der Waals surface area contributed by atoms with Crippen molar-refractivity contribution in [2.24, 2.45) is 5.92 Å². The maximum Gasteiger partial charge on any atom is 0.310 e. The lowest BCUT2D eigenvalue weighted by atomic mass is 9.94. The van der Waals surface area contributed by atoms with Gasteiger partial charge in [-0.05, 0) is 43.0 Å². The van der Waals surface area contributed by atoms with Crippen LogP contribution < -0.4 is 5.56 Å². The fourth-order valence-electron chi connectivity index (χ4n) is 6.33. The van der Waals surface area contributed by atoms with E-state index in [1.54, 1.807) is 23.3 Å². The van der Waals surface area contributed by atoms with Gasteiger partial charge in [-0.3, -0.25) is 23.9 Å². The molecule has 9 heteroatoms. The van der Waals surface area contributed by atoms with Crippen molar-refractivity contribution < 1.29 is 14.7 Å². The van der Waals surface area contributed by atoms with Gasteiger partial charge in [0.2, 0.25) is 5.91 Å². The van der Waals surface area contributed by atoms with E-state index in [0.29, 0.717) is 50.0 Å². The summed E-state index contributed by atoms with van der Waals surface area (Å²) >= 11 is 1.74. The number of aliphatic carboxylic acids is 1. The fraction of sp³-hybridized carbons (Fsp3) is 0.455. The Morgan fingerprint density at radius 3 is 2.55 bits per heavy atom. The maximum absolute atomic E-state index is 14.0. The third-order valence-electron chi connectivity index (χ3n) is 8.88. The van der Waals surface area contributed by atoms with Crippen LogP contribution in [0.15, 0.2) is 64.5 Å². The van der Waals surface area contributed by atoms with Gasteiger partial charge in [-0.15, -0.1) is 0 Å². The number of likely N-dealkylation sites (tertiary alicyclic amines) is 1. The summed E-state index contributed by atoms with van der Waals surface area (Å²) in [4.78, 5) is 48.0. The number of carbonyl (C=O) groups is 2. The number of nitrogens with zero attached hydrogens (tertiary/aromatic N) is 4. The Bertz CT molecular complexity index is 1510. The van der Waals surface area contributed by atoms with Gasteiger partial charge in [0.1, 0.15) is 0 Å². The van der Waals surface area contributed by atoms with Crippen LogP contribution in [0.2, 0.25) is 0 Å². The molecule has 42 heavy (non-hydrogen) atoms. The molecule has 220 valence electrons. The molecule has 1 saturated heterocycles. The summed E-state index contributed by atoms with van der Waals surface area (Å²) in [7, 11) is 0. The second kappa shape index (κ2) is 12.4. The predicted octanol–water partition coefficient (Wildman–Crippen LogP) is 4.86. The van der Waals surface area contributed by atoms with Crippen LogP contribution in [0.25, 0.3) is 5.69 Å². The van der Waals surface area contributed by atoms with E-state index in [2.05, 4.69) is 4.90 Å². The van der Waals surface area contributed by atoms with Crippen LogP contribution in [0, 0.1) is 5.92 Å². The Balaban J connectivity index is 1.15. The fourth-order valence-corrected chi connectivity index (χ4v) is 7.66. The second-order valence-electron chi connectivity index (χ2n) is 11.9. The summed E-state index contributed by atoms with van der Waals surface area (Å²) in [6, 6.07) is 17.4. The van der Waals surface area contributed by atoms with Gasteiger partial charge in [0.15, 0.2) is 5.16 Å². The molecule has 2 aliphatic heterocycles. The van der Waals surface area contributed by atoms with E-state index in [9.17, 15) is 19.5 Å². The van der Waals surface area contributed by atoms with Crippen molar-refractivity contribution in [2.45, 2.75) is 74.9 Å². The molecular formula is C33H38N4O4S. The van der Waals surface area contributed by atoms with Crippen LogP contribution in [-0.2, 0) is 29.1 Å². The highest BCUT2D eigenvalue weighted by atomic mass is 32.2. The molecule has 0 spiro atoms. The molecule has 1 N–H and O–H groups in total. The van der Waals surface area contributed by atoms with Crippen molar-refractivity contribution >= 4 is 23.6 Å². The molecule has 2 fully saturated rings. The maximum atomic E-state index is 14.0. The molecule has 8 nitrogen and oxygen atoms in total. The summed E-state index contributed by atoms with van der Waals surface area (Å²) in [5.74, 6) is -1.40. The van der Waals surface area contributed by atoms with Gasteiger partial charge in [-0.2, -0.15) is 0 Å². The van der Waals surface area contributed by atoms with E-state index in [0.717, 1.165) is 40.5 Å². The van der Waals surface area contributed by atoms with Gasteiger partial charge in [-0.25, -0.2) is 4.98 Å². The number of hydrogen-bond acceptors (Lipinski definition) is 6. The molecule has 0 bridgehead atoms. The Labute approximate surface area is 250 Å². The molecule has 3 heterocycles. The number of para-hydroxylation sites is 1. The molecule has 1 aliphatic carbocycles. The largest absolute Gasteiger partial charge is 0.481 e. The summed E-state index contributed by atoms with van der Waals surface area (Å²) in [5.41, 5.74) is 4.05. The number of hydrogen-bond donors (Lipinski definition) is 1. The summed E-state index contributed by atoms with van der Waals surface area (Å²) in [5, 5.41) is 10.6. The highest BCUT2D eigenvalue weighted by molar-refractivity contribution is 7.99. The van der Waals surface area contributed by atoms with Gasteiger partial charge in [0.25, 0.3) is 5.56 Å². The zero-order valence-electron chi connectivity index (χ0n) is 24.1. The minimum Gasteiger partial charge on any atom is -0.481 e. The number of rotatable bonds is 8. The van der Waals surface area contributed by atoms with Crippen LogP contribution in [-0.4, -0.2) is 61.2 Å². The molecule has 2 aromatic carbocycles. The van der Waals surface area contributed by atoms with Crippen molar-refractivity contribution in [3.05, 3.63) is 87.3 Å². The van der Waals surface area contributed by atoms with Gasteiger partial charge in [0.05, 0.1) is 35.3 Å². The molecule has 3 aliphatic rings. The number of thioether (sulfide) groups is 1. The first-order chi connectivity index (χ1) is 20.4. The molecule has 1 saturated carbocycles. The van der Waals surface area contributed by atoms with E-state index >= 15 is 0 Å². The number of benzene rings is 2. The average Bonchev–Trinajstić information content (AvgIpc) is 2.99. The number of carboxylic acid groups (broad SMARTS) is 1. The molecule has 1 aromatic heterocycles. The van der Waals surface area contributed by atoms with Gasteiger partial charge >= 0.3 is 5.97 Å². The third-order valence-corrected chi connectivity index (χ3v) is 10.2. The first-order valence-electron chi connectivity index (χ1n) is 15.1. The van der Waals surface area contributed by atoms with Crippen molar-refractivity contribution in [3.8, 4) is 5.69 Å².